The number of likely N-dealkylation sites (tertiary alicyclic amines) is 1. The first kappa shape index (κ1) is 18.8. The van der Waals surface area contributed by atoms with Crippen LogP contribution in [0.4, 0.5) is 0 Å². The van der Waals surface area contributed by atoms with Crippen LogP contribution in [0.3, 0.4) is 0 Å². The van der Waals surface area contributed by atoms with E-state index in [-0.39, 0.29) is 17.7 Å². The van der Waals surface area contributed by atoms with Gasteiger partial charge < -0.3 is 14.5 Å². The van der Waals surface area contributed by atoms with Crippen LogP contribution in [0.5, 0.6) is 0 Å². The number of hydrogen-bond donors (Lipinski definition) is 0. The first-order chi connectivity index (χ1) is 12.7. The highest BCUT2D eigenvalue weighted by Crippen LogP contribution is 2.21. The van der Waals surface area contributed by atoms with Gasteiger partial charge in [0.2, 0.25) is 11.8 Å². The van der Waals surface area contributed by atoms with Gasteiger partial charge in [0.05, 0.1) is 31.4 Å². The number of nitrogens with zero attached hydrogens (tertiary/aromatic N) is 4. The van der Waals surface area contributed by atoms with E-state index in [2.05, 4.69) is 9.88 Å². The molecule has 0 saturated carbocycles. The highest BCUT2D eigenvalue weighted by molar-refractivity contribution is 5.89. The summed E-state index contributed by atoms with van der Waals surface area (Å²) < 4.78 is 5.36. The van der Waals surface area contributed by atoms with Gasteiger partial charge in [-0.05, 0) is 19.1 Å². The summed E-state index contributed by atoms with van der Waals surface area (Å²) in [6.45, 7) is 8.58. The molecule has 0 aromatic carbocycles. The van der Waals surface area contributed by atoms with Gasteiger partial charge in [0.15, 0.2) is 0 Å². The fourth-order valence-electron chi connectivity index (χ4n) is 3.55. The molecule has 2 saturated heterocycles. The Hall–Kier alpha value is -1.99. The molecule has 1 aromatic rings. The second-order valence-electron chi connectivity index (χ2n) is 6.87. The maximum Gasteiger partial charge on any atom is 0.228 e. The number of aromatic nitrogens is 1. The largest absolute Gasteiger partial charge is 0.379 e. The molecule has 0 spiro atoms. The van der Waals surface area contributed by atoms with Crippen LogP contribution in [0.25, 0.3) is 0 Å². The summed E-state index contributed by atoms with van der Waals surface area (Å²) >= 11 is 0. The van der Waals surface area contributed by atoms with Crippen molar-refractivity contribution in [3.05, 3.63) is 30.1 Å². The molecule has 2 fully saturated rings. The quantitative estimate of drug-likeness (QED) is 0.713. The van der Waals surface area contributed by atoms with E-state index in [1.165, 1.54) is 0 Å². The van der Waals surface area contributed by atoms with Crippen LogP contribution >= 0.6 is 0 Å². The molecule has 0 bridgehead atoms. The van der Waals surface area contributed by atoms with Crippen LogP contribution in [-0.2, 0) is 20.9 Å². The van der Waals surface area contributed by atoms with Crippen molar-refractivity contribution >= 4 is 11.8 Å². The molecule has 142 valence electrons. The summed E-state index contributed by atoms with van der Waals surface area (Å²) in [4.78, 5) is 35.4. The Balaban J connectivity index is 1.52. The number of morpholine rings is 1. The zero-order valence-electron chi connectivity index (χ0n) is 15.5. The number of ether oxygens (including phenoxy) is 1. The van der Waals surface area contributed by atoms with Crippen LogP contribution < -0.4 is 0 Å². The molecular weight excluding hydrogens is 332 g/mol. The molecule has 0 radical (unpaired) electrons. The summed E-state index contributed by atoms with van der Waals surface area (Å²) in [7, 11) is 0. The van der Waals surface area contributed by atoms with E-state index in [1.807, 2.05) is 30.0 Å². The first-order valence-electron chi connectivity index (χ1n) is 9.44. The van der Waals surface area contributed by atoms with Crippen molar-refractivity contribution < 1.29 is 14.3 Å². The highest BCUT2D eigenvalue weighted by atomic mass is 16.5. The Bertz CT molecular complexity index is 604. The number of carbonyl (C=O) groups is 2. The molecule has 3 rings (SSSR count). The number of likely N-dealkylation sites (N-methyl/N-ethyl adjacent to an activating group) is 1. The predicted molar refractivity (Wildman–Crippen MR) is 97.3 cm³/mol. The molecule has 1 unspecified atom stereocenters. The van der Waals surface area contributed by atoms with Gasteiger partial charge in [-0.25, -0.2) is 0 Å². The van der Waals surface area contributed by atoms with Crippen molar-refractivity contribution in [1.29, 1.82) is 0 Å². The minimum Gasteiger partial charge on any atom is -0.379 e. The summed E-state index contributed by atoms with van der Waals surface area (Å²) in [5, 5.41) is 0. The van der Waals surface area contributed by atoms with Gasteiger partial charge in [-0.1, -0.05) is 6.07 Å². The maximum atomic E-state index is 12.9. The minimum absolute atomic E-state index is 0.0400. The van der Waals surface area contributed by atoms with Crippen molar-refractivity contribution in [2.24, 2.45) is 5.92 Å². The number of hydrogen-bond acceptors (Lipinski definition) is 5. The number of amides is 2. The molecular formula is C19H28N4O3. The normalized spacial score (nSPS) is 21.2. The molecule has 2 amide bonds. The zero-order chi connectivity index (χ0) is 18.4. The van der Waals surface area contributed by atoms with E-state index in [0.717, 1.165) is 38.5 Å². The van der Waals surface area contributed by atoms with Gasteiger partial charge in [-0.2, -0.15) is 0 Å². The lowest BCUT2D eigenvalue weighted by Gasteiger charge is -2.30. The highest BCUT2D eigenvalue weighted by Gasteiger charge is 2.36. The molecule has 2 aliphatic heterocycles. The third-order valence-corrected chi connectivity index (χ3v) is 5.13. The van der Waals surface area contributed by atoms with Crippen LogP contribution in [0, 0.1) is 5.92 Å². The van der Waals surface area contributed by atoms with Crippen molar-refractivity contribution in [1.82, 2.24) is 19.7 Å². The molecule has 26 heavy (non-hydrogen) atoms. The maximum absolute atomic E-state index is 12.9. The van der Waals surface area contributed by atoms with Crippen molar-refractivity contribution in [2.45, 2.75) is 19.9 Å². The van der Waals surface area contributed by atoms with Gasteiger partial charge in [-0.15, -0.1) is 0 Å². The van der Waals surface area contributed by atoms with Crippen LogP contribution in [-0.4, -0.2) is 84.0 Å². The third kappa shape index (κ3) is 4.80. The monoisotopic (exact) mass is 360 g/mol. The molecule has 1 atom stereocenters. The average Bonchev–Trinajstić information content (AvgIpc) is 3.04. The lowest BCUT2D eigenvalue weighted by Crippen LogP contribution is -2.44. The van der Waals surface area contributed by atoms with E-state index in [1.54, 1.807) is 11.1 Å². The minimum atomic E-state index is -0.240. The van der Waals surface area contributed by atoms with Crippen LogP contribution in [0.2, 0.25) is 0 Å². The number of carbonyl (C=O) groups excluding carboxylic acids is 2. The molecule has 7 nitrogen and oxygen atoms in total. The Kier molecular flexibility index (Phi) is 6.57. The van der Waals surface area contributed by atoms with E-state index < -0.39 is 0 Å². The SMILES string of the molecule is CCN(CCN1CCOCC1)C(=O)C1CC(=O)N(Cc2ccccn2)C1. The van der Waals surface area contributed by atoms with Crippen molar-refractivity contribution in [3.63, 3.8) is 0 Å². The van der Waals surface area contributed by atoms with Gasteiger partial charge in [0, 0.05) is 51.9 Å². The van der Waals surface area contributed by atoms with Crippen molar-refractivity contribution in [3.8, 4) is 0 Å². The molecule has 2 aliphatic rings. The Morgan fingerprint density at radius 3 is 2.85 bits per heavy atom. The van der Waals surface area contributed by atoms with Crippen LogP contribution in [0.15, 0.2) is 24.4 Å². The van der Waals surface area contributed by atoms with Crippen LogP contribution in [0.1, 0.15) is 19.0 Å². The summed E-state index contributed by atoms with van der Waals surface area (Å²) in [5.74, 6) is -0.105. The predicted octanol–water partition coefficient (Wildman–Crippen LogP) is 0.611. The molecule has 0 aliphatic carbocycles. The van der Waals surface area contributed by atoms with Gasteiger partial charge in [0.1, 0.15) is 0 Å². The van der Waals surface area contributed by atoms with Gasteiger partial charge in [-0.3, -0.25) is 19.5 Å². The second kappa shape index (κ2) is 9.09. The summed E-state index contributed by atoms with van der Waals surface area (Å²) in [6, 6.07) is 5.67. The van der Waals surface area contributed by atoms with E-state index >= 15 is 0 Å². The van der Waals surface area contributed by atoms with Crippen molar-refractivity contribution in [2.75, 3.05) is 52.5 Å². The third-order valence-electron chi connectivity index (χ3n) is 5.13. The average molecular weight is 360 g/mol. The topological polar surface area (TPSA) is 66.0 Å². The smallest absolute Gasteiger partial charge is 0.228 e. The Morgan fingerprint density at radius 2 is 2.15 bits per heavy atom. The summed E-state index contributed by atoms with van der Waals surface area (Å²) in [6.07, 6.45) is 2.03. The molecule has 3 heterocycles. The lowest BCUT2D eigenvalue weighted by molar-refractivity contribution is -0.136. The second-order valence-corrected chi connectivity index (χ2v) is 6.87. The number of rotatable bonds is 7. The van der Waals surface area contributed by atoms with Gasteiger partial charge in [0.25, 0.3) is 0 Å². The van der Waals surface area contributed by atoms with E-state index in [0.29, 0.717) is 32.6 Å². The lowest BCUT2D eigenvalue weighted by atomic mass is 10.1. The molecule has 1 aromatic heterocycles. The molecule has 0 N–H and O–H groups in total. The Morgan fingerprint density at radius 1 is 1.35 bits per heavy atom. The molecule has 7 heteroatoms. The standard InChI is InChI=1S/C19H28N4O3/c1-2-22(8-7-21-9-11-26-12-10-21)19(25)16-13-18(24)23(14-16)15-17-5-3-4-6-20-17/h3-6,16H,2,7-15H2,1H3. The summed E-state index contributed by atoms with van der Waals surface area (Å²) in [5.41, 5.74) is 0.855. The fraction of sp³-hybridized carbons (Fsp3) is 0.632. The van der Waals surface area contributed by atoms with Gasteiger partial charge >= 0.3 is 0 Å². The van der Waals surface area contributed by atoms with E-state index in [4.69, 9.17) is 4.74 Å². The first-order valence-corrected chi connectivity index (χ1v) is 9.44. The van der Waals surface area contributed by atoms with E-state index in [9.17, 15) is 9.59 Å². The zero-order valence-corrected chi connectivity index (χ0v) is 15.5. The Labute approximate surface area is 154 Å². The number of pyridine rings is 1. The fourth-order valence-corrected chi connectivity index (χ4v) is 3.55.